The largest absolute Gasteiger partial charge is 0.295 e. The number of nitrogens with zero attached hydrogens (tertiary/aromatic N) is 3. The van der Waals surface area contributed by atoms with E-state index in [2.05, 4.69) is 26.5 Å². The summed E-state index contributed by atoms with van der Waals surface area (Å²) >= 11 is 3.43. The summed E-state index contributed by atoms with van der Waals surface area (Å²) < 4.78 is 27.3. The first-order chi connectivity index (χ1) is 13.2. The number of hydrogen-bond donors (Lipinski definition) is 1. The summed E-state index contributed by atoms with van der Waals surface area (Å²) in [4.78, 5) is 10.7. The fourth-order valence-corrected chi connectivity index (χ4v) is 4.64. The third-order valence-electron chi connectivity index (χ3n) is 4.12. The molecule has 0 aliphatic carbocycles. The van der Waals surface area contributed by atoms with E-state index in [4.69, 9.17) is 0 Å². The predicted molar refractivity (Wildman–Crippen MR) is 113 cm³/mol. The van der Waals surface area contributed by atoms with Crippen molar-refractivity contribution in [2.45, 2.75) is 25.7 Å². The van der Waals surface area contributed by atoms with Gasteiger partial charge in [0.1, 0.15) is 5.69 Å². The molecule has 0 fully saturated rings. The molecule has 0 bridgehead atoms. The van der Waals surface area contributed by atoms with Gasteiger partial charge in [-0.15, -0.1) is 0 Å². The van der Waals surface area contributed by atoms with Gasteiger partial charge in [0.15, 0.2) is 0 Å². The molecule has 10 heteroatoms. The molecule has 0 aliphatic heterocycles. The number of hydrazone groups is 1. The number of nitrogens with one attached hydrogen (secondary N) is 1. The minimum Gasteiger partial charge on any atom is -0.271 e. The van der Waals surface area contributed by atoms with Crippen molar-refractivity contribution in [3.05, 3.63) is 62.6 Å². The Kier molecular flexibility index (Phi) is 7.28. The van der Waals surface area contributed by atoms with E-state index in [1.165, 1.54) is 16.4 Å². The minimum absolute atomic E-state index is 0.106. The summed E-state index contributed by atoms with van der Waals surface area (Å²) in [7, 11) is -3.79. The van der Waals surface area contributed by atoms with Crippen LogP contribution in [0.3, 0.4) is 0 Å². The number of nitro groups is 1. The van der Waals surface area contributed by atoms with Gasteiger partial charge in [-0.1, -0.05) is 48.0 Å². The van der Waals surface area contributed by atoms with Crippen molar-refractivity contribution in [2.24, 2.45) is 5.10 Å². The molecule has 150 valence electrons. The topological polar surface area (TPSA) is 105 Å². The number of benzene rings is 2. The number of halogens is 1. The van der Waals surface area contributed by atoms with Crippen LogP contribution in [0.2, 0.25) is 0 Å². The standard InChI is InChI=1S/C18H21BrN4O4S/c1-4-22(5-2)28(26,27)14-10-11-17(18(12-14)23(24)25)21-20-13(3)15-8-6-7-9-16(15)19/h6-12,21H,4-5H2,1-3H3/b20-13+. The maximum Gasteiger partial charge on any atom is 0.295 e. The second-order valence-corrected chi connectivity index (χ2v) is 8.61. The van der Waals surface area contributed by atoms with E-state index in [-0.39, 0.29) is 29.4 Å². The van der Waals surface area contributed by atoms with Crippen LogP contribution in [0.5, 0.6) is 0 Å². The SMILES string of the molecule is CCN(CC)S(=O)(=O)c1ccc(N/N=C(\C)c2ccccc2Br)c([N+](=O)[O-])c1. The average molecular weight is 469 g/mol. The molecule has 0 radical (unpaired) electrons. The Morgan fingerprint density at radius 3 is 2.43 bits per heavy atom. The predicted octanol–water partition coefficient (Wildman–Crippen LogP) is 4.22. The summed E-state index contributed by atoms with van der Waals surface area (Å²) in [5.74, 6) is 0. The molecule has 0 unspecified atom stereocenters. The van der Waals surface area contributed by atoms with Crippen LogP contribution < -0.4 is 5.43 Å². The van der Waals surface area contributed by atoms with Crippen molar-refractivity contribution >= 4 is 43.0 Å². The molecule has 0 amide bonds. The Labute approximate surface area is 172 Å². The third kappa shape index (κ3) is 4.75. The lowest BCUT2D eigenvalue weighted by atomic mass is 10.1. The van der Waals surface area contributed by atoms with Crippen LogP contribution in [-0.4, -0.2) is 36.4 Å². The van der Waals surface area contributed by atoms with Crippen molar-refractivity contribution < 1.29 is 13.3 Å². The van der Waals surface area contributed by atoms with Crippen LogP contribution >= 0.6 is 15.9 Å². The van der Waals surface area contributed by atoms with E-state index in [0.29, 0.717) is 5.71 Å². The van der Waals surface area contributed by atoms with E-state index in [1.54, 1.807) is 20.8 Å². The van der Waals surface area contributed by atoms with Gasteiger partial charge in [-0.05, 0) is 25.1 Å². The molecule has 28 heavy (non-hydrogen) atoms. The molecule has 0 atom stereocenters. The molecule has 0 saturated carbocycles. The zero-order chi connectivity index (χ0) is 20.9. The van der Waals surface area contributed by atoms with Gasteiger partial charge in [0.05, 0.1) is 15.5 Å². The molecule has 2 rings (SSSR count). The zero-order valence-electron chi connectivity index (χ0n) is 15.7. The molecule has 8 nitrogen and oxygen atoms in total. The van der Waals surface area contributed by atoms with E-state index >= 15 is 0 Å². The Hall–Kier alpha value is -2.30. The highest BCUT2D eigenvalue weighted by atomic mass is 79.9. The van der Waals surface area contributed by atoms with Gasteiger partial charge < -0.3 is 0 Å². The lowest BCUT2D eigenvalue weighted by Gasteiger charge is -2.18. The van der Waals surface area contributed by atoms with Crippen LogP contribution in [0.25, 0.3) is 0 Å². The van der Waals surface area contributed by atoms with Crippen molar-refractivity contribution in [3.63, 3.8) is 0 Å². The van der Waals surface area contributed by atoms with Crippen molar-refractivity contribution in [1.82, 2.24) is 4.31 Å². The smallest absolute Gasteiger partial charge is 0.271 e. The molecule has 2 aromatic carbocycles. The lowest BCUT2D eigenvalue weighted by Crippen LogP contribution is -2.30. The van der Waals surface area contributed by atoms with Crippen LogP contribution in [0.15, 0.2) is 56.9 Å². The van der Waals surface area contributed by atoms with Gasteiger partial charge in [0.25, 0.3) is 5.69 Å². The minimum atomic E-state index is -3.79. The molecule has 1 N–H and O–H groups in total. The second-order valence-electron chi connectivity index (χ2n) is 5.81. The molecule has 0 saturated heterocycles. The van der Waals surface area contributed by atoms with Crippen molar-refractivity contribution in [2.75, 3.05) is 18.5 Å². The highest BCUT2D eigenvalue weighted by Crippen LogP contribution is 2.29. The average Bonchev–Trinajstić information content (AvgIpc) is 2.67. The van der Waals surface area contributed by atoms with Gasteiger partial charge in [-0.2, -0.15) is 9.41 Å². The van der Waals surface area contributed by atoms with Gasteiger partial charge >= 0.3 is 0 Å². The maximum absolute atomic E-state index is 12.6. The van der Waals surface area contributed by atoms with E-state index < -0.39 is 14.9 Å². The third-order valence-corrected chi connectivity index (χ3v) is 6.85. The van der Waals surface area contributed by atoms with E-state index in [9.17, 15) is 18.5 Å². The maximum atomic E-state index is 12.6. The number of sulfonamides is 1. The fraction of sp³-hybridized carbons (Fsp3) is 0.278. The van der Waals surface area contributed by atoms with Gasteiger partial charge in [-0.25, -0.2) is 8.42 Å². The van der Waals surface area contributed by atoms with Crippen molar-refractivity contribution in [3.8, 4) is 0 Å². The monoisotopic (exact) mass is 468 g/mol. The first kappa shape index (κ1) is 22.0. The fourth-order valence-electron chi connectivity index (χ4n) is 2.59. The summed E-state index contributed by atoms with van der Waals surface area (Å²) in [6.07, 6.45) is 0. The lowest BCUT2D eigenvalue weighted by molar-refractivity contribution is -0.384. The first-order valence-corrected chi connectivity index (χ1v) is 10.8. The molecular weight excluding hydrogens is 448 g/mol. The normalized spacial score (nSPS) is 12.2. The Morgan fingerprint density at radius 1 is 1.21 bits per heavy atom. The van der Waals surface area contributed by atoms with Crippen LogP contribution in [0.1, 0.15) is 26.3 Å². The molecular formula is C18H21BrN4O4S. The zero-order valence-corrected chi connectivity index (χ0v) is 18.1. The van der Waals surface area contributed by atoms with E-state index in [0.717, 1.165) is 16.1 Å². The Balaban J connectivity index is 2.40. The van der Waals surface area contributed by atoms with Crippen LogP contribution in [0, 0.1) is 10.1 Å². The Bertz CT molecular complexity index is 1000. The van der Waals surface area contributed by atoms with Crippen LogP contribution in [0.4, 0.5) is 11.4 Å². The summed E-state index contributed by atoms with van der Waals surface area (Å²) in [6, 6.07) is 11.2. The quantitative estimate of drug-likeness (QED) is 0.354. The summed E-state index contributed by atoms with van der Waals surface area (Å²) in [5, 5.41) is 15.7. The molecule has 0 heterocycles. The number of rotatable bonds is 8. The van der Waals surface area contributed by atoms with Crippen molar-refractivity contribution in [1.29, 1.82) is 0 Å². The van der Waals surface area contributed by atoms with Crippen LogP contribution in [-0.2, 0) is 10.0 Å². The molecule has 0 aromatic heterocycles. The van der Waals surface area contributed by atoms with Gasteiger partial charge in [-0.3, -0.25) is 15.5 Å². The molecule has 2 aromatic rings. The second kappa shape index (κ2) is 9.26. The summed E-state index contributed by atoms with van der Waals surface area (Å²) in [6.45, 7) is 5.75. The number of hydrogen-bond acceptors (Lipinski definition) is 6. The summed E-state index contributed by atoms with van der Waals surface area (Å²) in [5.41, 5.74) is 3.86. The first-order valence-electron chi connectivity index (χ1n) is 8.56. The molecule has 0 spiro atoms. The molecule has 0 aliphatic rings. The number of anilines is 1. The number of nitro benzene ring substituents is 1. The Morgan fingerprint density at radius 2 is 1.86 bits per heavy atom. The highest BCUT2D eigenvalue weighted by molar-refractivity contribution is 9.10. The van der Waals surface area contributed by atoms with Gasteiger partial charge in [0.2, 0.25) is 10.0 Å². The van der Waals surface area contributed by atoms with E-state index in [1.807, 2.05) is 24.3 Å². The highest BCUT2D eigenvalue weighted by Gasteiger charge is 2.25. The van der Waals surface area contributed by atoms with Gasteiger partial charge in [0, 0.05) is 29.2 Å².